The van der Waals surface area contributed by atoms with Crippen LogP contribution in [0.5, 0.6) is 0 Å². The summed E-state index contributed by atoms with van der Waals surface area (Å²) in [5, 5.41) is 9.19. The molecular weight excluding hydrogens is 190 g/mol. The Hall–Kier alpha value is -0.570. The van der Waals surface area contributed by atoms with Gasteiger partial charge in [0, 0.05) is 18.6 Å². The highest BCUT2D eigenvalue weighted by molar-refractivity contribution is 5.71. The largest absolute Gasteiger partial charge is 0.481 e. The lowest BCUT2D eigenvalue weighted by Crippen LogP contribution is -2.40. The number of hydrogen-bond acceptors (Lipinski definition) is 2. The third-order valence-corrected chi connectivity index (χ3v) is 3.49. The Labute approximate surface area is 92.5 Å². The van der Waals surface area contributed by atoms with Gasteiger partial charge in [0.25, 0.3) is 0 Å². The van der Waals surface area contributed by atoms with Crippen molar-refractivity contribution in [2.45, 2.75) is 40.2 Å². The van der Waals surface area contributed by atoms with E-state index in [9.17, 15) is 9.90 Å². The molecule has 1 heterocycles. The van der Waals surface area contributed by atoms with Crippen LogP contribution < -0.4 is 0 Å². The van der Waals surface area contributed by atoms with Crippen LogP contribution in [0.2, 0.25) is 0 Å². The Morgan fingerprint density at radius 2 is 1.87 bits per heavy atom. The lowest BCUT2D eigenvalue weighted by molar-refractivity contribution is -0.143. The second kappa shape index (κ2) is 4.12. The van der Waals surface area contributed by atoms with Gasteiger partial charge in [0.1, 0.15) is 0 Å². The number of likely N-dealkylation sites (tertiary alicyclic amines) is 1. The van der Waals surface area contributed by atoms with Crippen molar-refractivity contribution in [1.82, 2.24) is 4.90 Å². The molecular formula is C12H23NO2. The Kier molecular flexibility index (Phi) is 3.44. The minimum Gasteiger partial charge on any atom is -0.481 e. The number of rotatable bonds is 2. The summed E-state index contributed by atoms with van der Waals surface area (Å²) < 4.78 is 0. The summed E-state index contributed by atoms with van der Waals surface area (Å²) >= 11 is 0. The molecule has 1 N–H and O–H groups in total. The van der Waals surface area contributed by atoms with Crippen LogP contribution >= 0.6 is 0 Å². The Morgan fingerprint density at radius 1 is 1.33 bits per heavy atom. The van der Waals surface area contributed by atoms with Gasteiger partial charge in [-0.2, -0.15) is 0 Å². The maximum atomic E-state index is 11.2. The number of carbonyl (C=O) groups is 1. The standard InChI is InChI=1S/C12H23NO2/c1-8(2)9-6-13(12(3,4)5)7-10(9)11(14)15/h8-10H,6-7H2,1-5H3,(H,14,15)/t9-,10+/m0/s1. The van der Waals surface area contributed by atoms with Gasteiger partial charge in [0.05, 0.1) is 5.92 Å². The number of hydrogen-bond donors (Lipinski definition) is 1. The van der Waals surface area contributed by atoms with Gasteiger partial charge >= 0.3 is 5.97 Å². The third kappa shape index (κ3) is 2.71. The fraction of sp³-hybridized carbons (Fsp3) is 0.917. The van der Waals surface area contributed by atoms with Crippen molar-refractivity contribution in [3.8, 4) is 0 Å². The zero-order valence-electron chi connectivity index (χ0n) is 10.4. The van der Waals surface area contributed by atoms with Crippen LogP contribution in [0.3, 0.4) is 0 Å². The second-order valence-corrected chi connectivity index (χ2v) is 5.93. The molecule has 2 atom stereocenters. The molecule has 1 rings (SSSR count). The second-order valence-electron chi connectivity index (χ2n) is 5.93. The molecule has 0 saturated carbocycles. The maximum absolute atomic E-state index is 11.2. The predicted molar refractivity (Wildman–Crippen MR) is 60.8 cm³/mol. The van der Waals surface area contributed by atoms with E-state index in [0.717, 1.165) is 6.54 Å². The van der Waals surface area contributed by atoms with Crippen molar-refractivity contribution >= 4 is 5.97 Å². The van der Waals surface area contributed by atoms with Crippen LogP contribution in [-0.2, 0) is 4.79 Å². The van der Waals surface area contributed by atoms with E-state index in [1.54, 1.807) is 0 Å². The first-order valence-corrected chi connectivity index (χ1v) is 5.71. The molecule has 0 aliphatic carbocycles. The SMILES string of the molecule is CC(C)[C@@H]1CN(C(C)(C)C)C[C@H]1C(=O)O. The summed E-state index contributed by atoms with van der Waals surface area (Å²) in [5.41, 5.74) is 0.0807. The van der Waals surface area contributed by atoms with Crippen LogP contribution in [0, 0.1) is 17.8 Å². The van der Waals surface area contributed by atoms with Crippen molar-refractivity contribution in [1.29, 1.82) is 0 Å². The van der Waals surface area contributed by atoms with Gasteiger partial charge in [-0.15, -0.1) is 0 Å². The highest BCUT2D eigenvalue weighted by Crippen LogP contribution is 2.33. The molecule has 1 fully saturated rings. The molecule has 1 saturated heterocycles. The summed E-state index contributed by atoms with van der Waals surface area (Å²) in [5.74, 6) is -0.0927. The van der Waals surface area contributed by atoms with E-state index in [1.807, 2.05) is 0 Å². The van der Waals surface area contributed by atoms with E-state index in [-0.39, 0.29) is 11.5 Å². The first kappa shape index (κ1) is 12.5. The molecule has 0 bridgehead atoms. The summed E-state index contributed by atoms with van der Waals surface area (Å²) in [6, 6.07) is 0. The van der Waals surface area contributed by atoms with Crippen molar-refractivity contribution in [3.63, 3.8) is 0 Å². The van der Waals surface area contributed by atoms with Crippen molar-refractivity contribution in [2.75, 3.05) is 13.1 Å². The van der Waals surface area contributed by atoms with Crippen LogP contribution in [0.25, 0.3) is 0 Å². The van der Waals surface area contributed by atoms with Crippen molar-refractivity contribution in [2.24, 2.45) is 17.8 Å². The Bertz CT molecular complexity index is 242. The zero-order valence-corrected chi connectivity index (χ0v) is 10.4. The smallest absolute Gasteiger partial charge is 0.308 e. The van der Waals surface area contributed by atoms with Crippen LogP contribution in [0.15, 0.2) is 0 Å². The zero-order chi connectivity index (χ0) is 11.8. The predicted octanol–water partition coefficient (Wildman–Crippen LogP) is 2.07. The molecule has 88 valence electrons. The third-order valence-electron chi connectivity index (χ3n) is 3.49. The fourth-order valence-electron chi connectivity index (χ4n) is 2.31. The summed E-state index contributed by atoms with van der Waals surface area (Å²) in [4.78, 5) is 13.5. The Balaban J connectivity index is 2.78. The van der Waals surface area contributed by atoms with E-state index in [1.165, 1.54) is 0 Å². The van der Waals surface area contributed by atoms with Gasteiger partial charge in [0.15, 0.2) is 0 Å². The van der Waals surface area contributed by atoms with Crippen molar-refractivity contribution in [3.05, 3.63) is 0 Å². The van der Waals surface area contributed by atoms with E-state index in [2.05, 4.69) is 39.5 Å². The molecule has 3 nitrogen and oxygen atoms in total. The minimum absolute atomic E-state index is 0.0807. The quantitative estimate of drug-likeness (QED) is 0.763. The molecule has 1 aliphatic rings. The van der Waals surface area contributed by atoms with Crippen LogP contribution in [-0.4, -0.2) is 34.6 Å². The van der Waals surface area contributed by atoms with E-state index in [4.69, 9.17) is 0 Å². The van der Waals surface area contributed by atoms with Crippen LogP contribution in [0.4, 0.5) is 0 Å². The first-order chi connectivity index (χ1) is 6.73. The topological polar surface area (TPSA) is 40.5 Å². The van der Waals surface area contributed by atoms with Crippen LogP contribution in [0.1, 0.15) is 34.6 Å². The molecule has 0 spiro atoms. The molecule has 0 unspecified atom stereocenters. The van der Waals surface area contributed by atoms with Gasteiger partial charge in [-0.25, -0.2) is 0 Å². The van der Waals surface area contributed by atoms with Gasteiger partial charge in [-0.3, -0.25) is 9.69 Å². The normalized spacial score (nSPS) is 28.7. The fourth-order valence-corrected chi connectivity index (χ4v) is 2.31. The number of carboxylic acids is 1. The first-order valence-electron chi connectivity index (χ1n) is 5.71. The minimum atomic E-state index is -0.638. The molecule has 15 heavy (non-hydrogen) atoms. The highest BCUT2D eigenvalue weighted by atomic mass is 16.4. The van der Waals surface area contributed by atoms with E-state index >= 15 is 0 Å². The lowest BCUT2D eigenvalue weighted by atomic mass is 9.86. The van der Waals surface area contributed by atoms with Gasteiger partial charge in [-0.1, -0.05) is 13.8 Å². The monoisotopic (exact) mass is 213 g/mol. The van der Waals surface area contributed by atoms with Crippen molar-refractivity contribution < 1.29 is 9.90 Å². The number of aliphatic carboxylic acids is 1. The number of carboxylic acid groups (broad SMARTS) is 1. The maximum Gasteiger partial charge on any atom is 0.308 e. The lowest BCUT2D eigenvalue weighted by Gasteiger charge is -2.32. The van der Waals surface area contributed by atoms with E-state index in [0.29, 0.717) is 18.4 Å². The van der Waals surface area contributed by atoms with E-state index < -0.39 is 5.97 Å². The molecule has 1 aliphatic heterocycles. The number of nitrogens with zero attached hydrogens (tertiary/aromatic N) is 1. The van der Waals surface area contributed by atoms with Gasteiger partial charge < -0.3 is 5.11 Å². The molecule has 0 aromatic carbocycles. The average molecular weight is 213 g/mol. The highest BCUT2D eigenvalue weighted by Gasteiger charge is 2.42. The summed E-state index contributed by atoms with van der Waals surface area (Å²) in [6.45, 7) is 12.3. The molecule has 0 aromatic rings. The average Bonchev–Trinajstić information content (AvgIpc) is 2.45. The molecule has 3 heteroatoms. The van der Waals surface area contributed by atoms with Gasteiger partial charge in [-0.05, 0) is 32.6 Å². The summed E-state index contributed by atoms with van der Waals surface area (Å²) in [7, 11) is 0. The molecule has 0 aromatic heterocycles. The molecule has 0 amide bonds. The Morgan fingerprint density at radius 3 is 2.13 bits per heavy atom. The van der Waals surface area contributed by atoms with Gasteiger partial charge in [0.2, 0.25) is 0 Å². The molecule has 0 radical (unpaired) electrons. The summed E-state index contributed by atoms with van der Waals surface area (Å²) in [6.07, 6.45) is 0.